The molecule has 0 bridgehead atoms. The van der Waals surface area contributed by atoms with Crippen LogP contribution in [-0.2, 0) is 11.3 Å². The fourth-order valence-electron chi connectivity index (χ4n) is 1.50. The van der Waals surface area contributed by atoms with Gasteiger partial charge >= 0.3 is 0 Å². The molecule has 2 heterocycles. The van der Waals surface area contributed by atoms with E-state index in [-0.39, 0.29) is 6.10 Å². The minimum absolute atomic E-state index is 0.286. The number of nitrogens with zero attached hydrogens (tertiary/aromatic N) is 2. The third-order valence-corrected chi connectivity index (χ3v) is 2.84. The topological polar surface area (TPSA) is 53.1 Å². The van der Waals surface area contributed by atoms with Gasteiger partial charge < -0.3 is 10.5 Å². The monoisotopic (exact) mass is 245 g/mol. The third-order valence-electron chi connectivity index (χ3n) is 2.23. The van der Waals surface area contributed by atoms with E-state index in [2.05, 4.69) is 21.0 Å². The van der Waals surface area contributed by atoms with E-state index in [9.17, 15) is 0 Å². The molecule has 72 valence electrons. The first-order valence-corrected chi connectivity index (χ1v) is 5.15. The van der Waals surface area contributed by atoms with E-state index >= 15 is 0 Å². The molecule has 1 aliphatic rings. The molecule has 0 aliphatic carbocycles. The van der Waals surface area contributed by atoms with Crippen molar-refractivity contribution in [1.29, 1.82) is 0 Å². The second-order valence-corrected chi connectivity index (χ2v) is 4.05. The summed E-state index contributed by atoms with van der Waals surface area (Å²) >= 11 is 3.32. The Morgan fingerprint density at radius 2 is 2.62 bits per heavy atom. The lowest BCUT2D eigenvalue weighted by atomic mass is 10.2. The largest absolute Gasteiger partial charge is 0.383 e. The summed E-state index contributed by atoms with van der Waals surface area (Å²) < 4.78 is 8.12. The Hall–Kier alpha value is -0.550. The average molecular weight is 246 g/mol. The zero-order valence-electron chi connectivity index (χ0n) is 7.24. The minimum Gasteiger partial charge on any atom is -0.383 e. The quantitative estimate of drug-likeness (QED) is 0.858. The molecule has 1 aliphatic heterocycles. The van der Waals surface area contributed by atoms with Crippen LogP contribution in [0.5, 0.6) is 0 Å². The first-order chi connectivity index (χ1) is 6.27. The van der Waals surface area contributed by atoms with Crippen LogP contribution in [0, 0.1) is 0 Å². The highest BCUT2D eigenvalue weighted by Gasteiger charge is 2.17. The van der Waals surface area contributed by atoms with Crippen LogP contribution in [0.2, 0.25) is 0 Å². The fraction of sp³-hybridized carbons (Fsp3) is 0.625. The summed E-state index contributed by atoms with van der Waals surface area (Å²) in [6.07, 6.45) is 4.25. The lowest BCUT2D eigenvalue weighted by Gasteiger charge is -2.10. The Morgan fingerprint density at radius 3 is 3.15 bits per heavy atom. The highest BCUT2D eigenvalue weighted by molar-refractivity contribution is 9.10. The van der Waals surface area contributed by atoms with Gasteiger partial charge in [-0.1, -0.05) is 0 Å². The van der Waals surface area contributed by atoms with Crippen LogP contribution >= 0.6 is 15.9 Å². The maximum atomic E-state index is 5.78. The van der Waals surface area contributed by atoms with E-state index in [1.165, 1.54) is 0 Å². The third kappa shape index (κ3) is 1.86. The van der Waals surface area contributed by atoms with Crippen LogP contribution in [0.15, 0.2) is 10.7 Å². The van der Waals surface area contributed by atoms with Gasteiger partial charge in [0.05, 0.1) is 23.3 Å². The normalized spacial score (nSPS) is 22.4. The van der Waals surface area contributed by atoms with Gasteiger partial charge in [-0.2, -0.15) is 5.10 Å². The summed E-state index contributed by atoms with van der Waals surface area (Å²) in [5, 5.41) is 4.14. The molecule has 0 amide bonds. The Labute approximate surface area is 85.2 Å². The zero-order chi connectivity index (χ0) is 9.26. The minimum atomic E-state index is 0.286. The number of ether oxygens (including phenoxy) is 1. The number of aromatic nitrogens is 2. The summed E-state index contributed by atoms with van der Waals surface area (Å²) in [7, 11) is 0. The lowest BCUT2D eigenvalue weighted by molar-refractivity contribution is 0.0945. The molecular formula is C8H12BrN3O. The van der Waals surface area contributed by atoms with E-state index in [4.69, 9.17) is 10.5 Å². The van der Waals surface area contributed by atoms with Crippen molar-refractivity contribution < 1.29 is 4.74 Å². The van der Waals surface area contributed by atoms with Gasteiger partial charge in [0.25, 0.3) is 0 Å². The average Bonchev–Trinajstić information content (AvgIpc) is 2.71. The Bertz CT molecular complexity index is 294. The van der Waals surface area contributed by atoms with Gasteiger partial charge in [-0.15, -0.1) is 0 Å². The van der Waals surface area contributed by atoms with Crippen LogP contribution in [0.1, 0.15) is 12.8 Å². The SMILES string of the molecule is Nc1c(Br)cnn1CC1CCCO1. The number of halogens is 1. The van der Waals surface area contributed by atoms with E-state index in [1.807, 2.05) is 0 Å². The molecule has 1 fully saturated rings. The second-order valence-electron chi connectivity index (χ2n) is 3.19. The predicted molar refractivity (Wildman–Crippen MR) is 53.3 cm³/mol. The van der Waals surface area contributed by atoms with E-state index in [0.717, 1.165) is 30.5 Å². The molecule has 0 spiro atoms. The summed E-state index contributed by atoms with van der Waals surface area (Å²) in [6, 6.07) is 0. The van der Waals surface area contributed by atoms with Crippen molar-refractivity contribution >= 4 is 21.7 Å². The van der Waals surface area contributed by atoms with Crippen molar-refractivity contribution in [2.75, 3.05) is 12.3 Å². The molecule has 0 radical (unpaired) electrons. The van der Waals surface area contributed by atoms with Gasteiger partial charge in [-0.3, -0.25) is 0 Å². The van der Waals surface area contributed by atoms with E-state index in [1.54, 1.807) is 10.9 Å². The fourth-order valence-corrected chi connectivity index (χ4v) is 1.79. The van der Waals surface area contributed by atoms with Crippen LogP contribution in [0.25, 0.3) is 0 Å². The highest BCUT2D eigenvalue weighted by atomic mass is 79.9. The van der Waals surface area contributed by atoms with Gasteiger partial charge in [0.2, 0.25) is 0 Å². The van der Waals surface area contributed by atoms with Gasteiger partial charge in [0.1, 0.15) is 5.82 Å². The van der Waals surface area contributed by atoms with Crippen molar-refractivity contribution in [3.8, 4) is 0 Å². The standard InChI is InChI=1S/C8H12BrN3O/c9-7-4-11-12(8(7)10)5-6-2-1-3-13-6/h4,6H,1-3,5,10H2. The van der Waals surface area contributed by atoms with Gasteiger partial charge in [-0.25, -0.2) is 4.68 Å². The molecule has 13 heavy (non-hydrogen) atoms. The predicted octanol–water partition coefficient (Wildman–Crippen LogP) is 1.41. The Kier molecular flexibility index (Phi) is 2.55. The second kappa shape index (κ2) is 3.67. The number of hydrogen-bond acceptors (Lipinski definition) is 3. The molecule has 1 aromatic rings. The van der Waals surface area contributed by atoms with Crippen molar-refractivity contribution in [2.24, 2.45) is 0 Å². The number of nitrogens with two attached hydrogens (primary N) is 1. The van der Waals surface area contributed by atoms with Crippen LogP contribution in [-0.4, -0.2) is 22.5 Å². The number of hydrogen-bond donors (Lipinski definition) is 1. The van der Waals surface area contributed by atoms with E-state index in [0.29, 0.717) is 5.82 Å². The molecule has 1 saturated heterocycles. The molecule has 0 aromatic carbocycles. The maximum absolute atomic E-state index is 5.78. The molecule has 2 rings (SSSR count). The highest BCUT2D eigenvalue weighted by Crippen LogP contribution is 2.20. The van der Waals surface area contributed by atoms with Crippen molar-refractivity contribution in [3.05, 3.63) is 10.7 Å². The van der Waals surface area contributed by atoms with Crippen molar-refractivity contribution in [3.63, 3.8) is 0 Å². The molecule has 1 atom stereocenters. The van der Waals surface area contributed by atoms with Gasteiger partial charge in [0, 0.05) is 6.61 Å². The molecule has 0 saturated carbocycles. The molecule has 4 nitrogen and oxygen atoms in total. The van der Waals surface area contributed by atoms with E-state index < -0.39 is 0 Å². The molecule has 2 N–H and O–H groups in total. The Balaban J connectivity index is 2.04. The molecule has 1 unspecified atom stereocenters. The van der Waals surface area contributed by atoms with Crippen molar-refractivity contribution in [2.45, 2.75) is 25.5 Å². The number of anilines is 1. The van der Waals surface area contributed by atoms with Crippen LogP contribution < -0.4 is 5.73 Å². The first kappa shape index (κ1) is 9.02. The summed E-state index contributed by atoms with van der Waals surface area (Å²) in [5.74, 6) is 0.676. The zero-order valence-corrected chi connectivity index (χ0v) is 8.83. The first-order valence-electron chi connectivity index (χ1n) is 4.36. The molecule has 1 aromatic heterocycles. The summed E-state index contributed by atoms with van der Waals surface area (Å²) in [4.78, 5) is 0. The molecule has 5 heteroatoms. The molecular weight excluding hydrogens is 234 g/mol. The summed E-state index contributed by atoms with van der Waals surface area (Å²) in [6.45, 7) is 1.63. The van der Waals surface area contributed by atoms with Gasteiger partial charge in [0.15, 0.2) is 0 Å². The van der Waals surface area contributed by atoms with Crippen molar-refractivity contribution in [1.82, 2.24) is 9.78 Å². The number of nitrogen functional groups attached to an aromatic ring is 1. The summed E-state index contributed by atoms with van der Waals surface area (Å²) in [5.41, 5.74) is 5.78. The Morgan fingerprint density at radius 1 is 1.77 bits per heavy atom. The lowest BCUT2D eigenvalue weighted by Crippen LogP contribution is -2.17. The van der Waals surface area contributed by atoms with Crippen LogP contribution in [0.3, 0.4) is 0 Å². The van der Waals surface area contributed by atoms with Crippen LogP contribution in [0.4, 0.5) is 5.82 Å². The maximum Gasteiger partial charge on any atom is 0.136 e. The van der Waals surface area contributed by atoms with Gasteiger partial charge in [-0.05, 0) is 28.8 Å². The smallest absolute Gasteiger partial charge is 0.136 e. The number of rotatable bonds is 2.